The van der Waals surface area contributed by atoms with Crippen molar-refractivity contribution in [2.45, 2.75) is 6.18 Å². The third kappa shape index (κ3) is 4.25. The van der Waals surface area contributed by atoms with E-state index in [1.807, 2.05) is 0 Å². The van der Waals surface area contributed by atoms with Gasteiger partial charge in [-0.2, -0.15) is 18.2 Å². The van der Waals surface area contributed by atoms with Gasteiger partial charge in [-0.3, -0.25) is 4.79 Å². The van der Waals surface area contributed by atoms with E-state index >= 15 is 0 Å². The van der Waals surface area contributed by atoms with Gasteiger partial charge in [-0.1, -0.05) is 0 Å². The summed E-state index contributed by atoms with van der Waals surface area (Å²) in [4.78, 5) is 20.2. The normalized spacial score (nSPS) is 11.5. The van der Waals surface area contributed by atoms with Gasteiger partial charge < -0.3 is 20.2 Å². The summed E-state index contributed by atoms with van der Waals surface area (Å²) in [7, 11) is 0. The van der Waals surface area contributed by atoms with Crippen molar-refractivity contribution in [1.82, 2.24) is 9.97 Å². The molecule has 3 N–H and O–H groups in total. The summed E-state index contributed by atoms with van der Waals surface area (Å²) in [6, 6.07) is 8.28. The first-order valence-electron chi connectivity index (χ1n) is 8.66. The molecular weight excluding hydrogens is 420 g/mol. The lowest BCUT2D eigenvalue weighted by Gasteiger charge is -2.10. The first-order chi connectivity index (χ1) is 14.7. The Bertz CT molecular complexity index is 1290. The maximum atomic E-state index is 13.4. The Morgan fingerprint density at radius 2 is 1.94 bits per heavy atom. The van der Waals surface area contributed by atoms with Crippen LogP contribution in [-0.4, -0.2) is 15.9 Å². The van der Waals surface area contributed by atoms with Crippen LogP contribution in [0.25, 0.3) is 11.0 Å². The van der Waals surface area contributed by atoms with Crippen LogP contribution in [0.2, 0.25) is 0 Å². The van der Waals surface area contributed by atoms with E-state index in [1.165, 1.54) is 18.3 Å². The molecule has 0 aliphatic carbocycles. The number of aromatic nitrogens is 2. The van der Waals surface area contributed by atoms with Gasteiger partial charge >= 0.3 is 6.18 Å². The number of benzene rings is 2. The van der Waals surface area contributed by atoms with Crippen LogP contribution in [0, 0.1) is 5.82 Å². The van der Waals surface area contributed by atoms with E-state index in [9.17, 15) is 22.4 Å². The van der Waals surface area contributed by atoms with Crippen molar-refractivity contribution in [3.63, 3.8) is 0 Å². The fourth-order valence-electron chi connectivity index (χ4n) is 2.80. The van der Waals surface area contributed by atoms with Crippen LogP contribution in [0.5, 0.6) is 11.6 Å². The minimum Gasteiger partial charge on any atom is -0.463 e. The smallest absolute Gasteiger partial charge is 0.419 e. The molecule has 0 saturated heterocycles. The summed E-state index contributed by atoms with van der Waals surface area (Å²) in [5, 5.41) is 2.70. The molecule has 0 fully saturated rings. The third-order valence-corrected chi connectivity index (χ3v) is 4.19. The zero-order valence-electron chi connectivity index (χ0n) is 15.4. The number of anilines is 2. The molecule has 0 saturated carbocycles. The van der Waals surface area contributed by atoms with Crippen molar-refractivity contribution in [1.29, 1.82) is 0 Å². The number of amides is 1. The van der Waals surface area contributed by atoms with Crippen LogP contribution in [-0.2, 0) is 6.18 Å². The number of carbonyl (C=O) groups excluding carboxylic acids is 1. The molecule has 11 heteroatoms. The Morgan fingerprint density at radius 3 is 2.68 bits per heavy atom. The van der Waals surface area contributed by atoms with Gasteiger partial charge in [-0.05, 0) is 30.3 Å². The average Bonchev–Trinajstić information content (AvgIpc) is 3.12. The number of nitrogens with zero attached hydrogens (tertiary/aromatic N) is 2. The maximum absolute atomic E-state index is 13.4. The summed E-state index contributed by atoms with van der Waals surface area (Å²) in [5.41, 5.74) is 4.17. The molecule has 4 rings (SSSR count). The van der Waals surface area contributed by atoms with Crippen LogP contribution in [0.1, 0.15) is 15.9 Å². The monoisotopic (exact) mass is 432 g/mol. The number of hydrogen-bond acceptors (Lipinski definition) is 6. The summed E-state index contributed by atoms with van der Waals surface area (Å²) in [6.45, 7) is 0. The second-order valence-corrected chi connectivity index (χ2v) is 6.31. The van der Waals surface area contributed by atoms with E-state index in [2.05, 4.69) is 15.3 Å². The van der Waals surface area contributed by atoms with Crippen LogP contribution in [0.15, 0.2) is 59.3 Å². The van der Waals surface area contributed by atoms with Crippen LogP contribution >= 0.6 is 0 Å². The average molecular weight is 432 g/mol. The van der Waals surface area contributed by atoms with Crippen molar-refractivity contribution >= 4 is 28.5 Å². The molecule has 0 spiro atoms. The Labute approximate surface area is 171 Å². The topological polar surface area (TPSA) is 103 Å². The van der Waals surface area contributed by atoms with Gasteiger partial charge in [0.1, 0.15) is 23.4 Å². The van der Waals surface area contributed by atoms with E-state index < -0.39 is 23.5 Å². The molecule has 0 aliphatic heterocycles. The number of carbonyl (C=O) groups is 1. The van der Waals surface area contributed by atoms with Crippen LogP contribution in [0.3, 0.4) is 0 Å². The van der Waals surface area contributed by atoms with Gasteiger partial charge in [0.25, 0.3) is 5.91 Å². The first kappa shape index (κ1) is 20.1. The maximum Gasteiger partial charge on any atom is 0.419 e. The molecule has 0 bridgehead atoms. The number of furan rings is 1. The SMILES string of the molecule is Nc1nccc(Oc2ccc3c(C(=O)Nc4ccc(F)c(C(F)(F)F)c4)coc3c2)n1. The highest BCUT2D eigenvalue weighted by Crippen LogP contribution is 2.33. The molecule has 7 nitrogen and oxygen atoms in total. The molecule has 158 valence electrons. The van der Waals surface area contributed by atoms with Crippen molar-refractivity contribution < 1.29 is 31.5 Å². The summed E-state index contributed by atoms with van der Waals surface area (Å²) in [5.74, 6) is -1.58. The second kappa shape index (κ2) is 7.59. The lowest BCUT2D eigenvalue weighted by molar-refractivity contribution is -0.139. The van der Waals surface area contributed by atoms with Crippen molar-refractivity contribution in [2.24, 2.45) is 0 Å². The van der Waals surface area contributed by atoms with Crippen molar-refractivity contribution in [3.8, 4) is 11.6 Å². The van der Waals surface area contributed by atoms with E-state index in [4.69, 9.17) is 14.9 Å². The second-order valence-electron chi connectivity index (χ2n) is 6.31. The van der Waals surface area contributed by atoms with Gasteiger partial charge in [0.2, 0.25) is 11.8 Å². The zero-order chi connectivity index (χ0) is 22.2. The number of ether oxygens (including phenoxy) is 1. The molecule has 0 unspecified atom stereocenters. The van der Waals surface area contributed by atoms with Crippen molar-refractivity contribution in [3.05, 3.63) is 71.9 Å². The summed E-state index contributed by atoms with van der Waals surface area (Å²) >= 11 is 0. The first-order valence-corrected chi connectivity index (χ1v) is 8.66. The minimum atomic E-state index is -4.89. The van der Waals surface area contributed by atoms with E-state index in [-0.39, 0.29) is 23.1 Å². The van der Waals surface area contributed by atoms with Crippen LogP contribution < -0.4 is 15.8 Å². The fraction of sp³-hybridized carbons (Fsp3) is 0.0500. The number of rotatable bonds is 4. The number of fused-ring (bicyclic) bond motifs is 1. The number of halogens is 4. The molecule has 4 aromatic rings. The van der Waals surface area contributed by atoms with E-state index in [0.717, 1.165) is 12.3 Å². The number of nitrogens with two attached hydrogens (primary N) is 1. The number of nitrogen functional groups attached to an aromatic ring is 1. The predicted molar refractivity (Wildman–Crippen MR) is 102 cm³/mol. The Morgan fingerprint density at radius 1 is 1.13 bits per heavy atom. The standard InChI is InChI=1S/C20H12F4N4O3/c21-15-4-1-10(7-14(15)20(22,23)24)27-18(29)13-9-30-16-8-11(2-3-12(13)16)31-17-5-6-26-19(25)28-17/h1-9H,(H,27,29)(H2,25,26,28). The molecule has 1 amide bonds. The highest BCUT2D eigenvalue weighted by molar-refractivity contribution is 6.12. The van der Waals surface area contributed by atoms with Gasteiger partial charge in [0.15, 0.2) is 0 Å². The lowest BCUT2D eigenvalue weighted by Crippen LogP contribution is -2.14. The van der Waals surface area contributed by atoms with Gasteiger partial charge in [-0.15, -0.1) is 0 Å². The Balaban J connectivity index is 1.57. The molecule has 0 radical (unpaired) electrons. The van der Waals surface area contributed by atoms with E-state index in [1.54, 1.807) is 12.1 Å². The zero-order valence-corrected chi connectivity index (χ0v) is 15.4. The van der Waals surface area contributed by atoms with E-state index in [0.29, 0.717) is 28.9 Å². The quantitative estimate of drug-likeness (QED) is 0.440. The number of alkyl halides is 3. The Hall–Kier alpha value is -4.15. The van der Waals surface area contributed by atoms with Gasteiger partial charge in [0.05, 0.1) is 11.1 Å². The molecule has 31 heavy (non-hydrogen) atoms. The lowest BCUT2D eigenvalue weighted by atomic mass is 10.1. The summed E-state index contributed by atoms with van der Waals surface area (Å²) in [6.07, 6.45) is -2.32. The number of nitrogens with one attached hydrogen (secondary N) is 1. The third-order valence-electron chi connectivity index (χ3n) is 4.19. The van der Waals surface area contributed by atoms with Crippen molar-refractivity contribution in [2.75, 3.05) is 11.1 Å². The molecule has 2 aromatic heterocycles. The highest BCUT2D eigenvalue weighted by atomic mass is 19.4. The highest BCUT2D eigenvalue weighted by Gasteiger charge is 2.34. The van der Waals surface area contributed by atoms with Gasteiger partial charge in [0, 0.05) is 29.4 Å². The number of hydrogen-bond donors (Lipinski definition) is 2. The molecule has 2 aromatic carbocycles. The predicted octanol–water partition coefficient (Wildman–Crippen LogP) is 5.01. The summed E-state index contributed by atoms with van der Waals surface area (Å²) < 4.78 is 63.0. The molecule has 0 atom stereocenters. The van der Waals surface area contributed by atoms with Crippen LogP contribution in [0.4, 0.5) is 29.2 Å². The minimum absolute atomic E-state index is 0.0324. The largest absolute Gasteiger partial charge is 0.463 e. The molecular formula is C20H12F4N4O3. The fourth-order valence-corrected chi connectivity index (χ4v) is 2.80. The molecule has 0 aliphatic rings. The molecule has 2 heterocycles. The Kier molecular flexibility index (Phi) is 4.93. The van der Waals surface area contributed by atoms with Gasteiger partial charge in [-0.25, -0.2) is 9.37 Å².